The molecule has 0 spiro atoms. The van der Waals surface area contributed by atoms with Crippen LogP contribution < -0.4 is 16.4 Å². The van der Waals surface area contributed by atoms with Gasteiger partial charge in [-0.25, -0.2) is 4.79 Å². The van der Waals surface area contributed by atoms with E-state index in [9.17, 15) is 24.6 Å². The summed E-state index contributed by atoms with van der Waals surface area (Å²) in [6, 6.07) is 5.54. The first-order valence-corrected chi connectivity index (χ1v) is 9.95. The van der Waals surface area contributed by atoms with Crippen LogP contribution in [0.15, 0.2) is 30.3 Å². The zero-order chi connectivity index (χ0) is 20.4. The summed E-state index contributed by atoms with van der Waals surface area (Å²) in [5, 5.41) is 24.0. The summed E-state index contributed by atoms with van der Waals surface area (Å²) < 4.78 is 0. The van der Waals surface area contributed by atoms with Gasteiger partial charge in [0.1, 0.15) is 12.1 Å². The third kappa shape index (κ3) is 7.98. The number of aliphatic carboxylic acids is 1. The SMILES string of the molecule is CSCCC(N)C(=O)NC(C(=O)NC(Cc1ccccc1)C(=O)O)C(C)O. The summed E-state index contributed by atoms with van der Waals surface area (Å²) in [6.07, 6.45) is 1.17. The first-order valence-electron chi connectivity index (χ1n) is 8.56. The predicted molar refractivity (Wildman–Crippen MR) is 104 cm³/mol. The minimum Gasteiger partial charge on any atom is -0.480 e. The maximum Gasteiger partial charge on any atom is 0.326 e. The van der Waals surface area contributed by atoms with Crippen LogP contribution in [-0.2, 0) is 20.8 Å². The van der Waals surface area contributed by atoms with E-state index >= 15 is 0 Å². The van der Waals surface area contributed by atoms with Crippen molar-refractivity contribution in [1.29, 1.82) is 0 Å². The Morgan fingerprint density at radius 3 is 2.30 bits per heavy atom. The molecule has 1 aromatic carbocycles. The summed E-state index contributed by atoms with van der Waals surface area (Å²) >= 11 is 1.54. The van der Waals surface area contributed by atoms with E-state index < -0.39 is 42.0 Å². The molecule has 0 saturated carbocycles. The molecule has 0 radical (unpaired) electrons. The molecule has 4 unspecified atom stereocenters. The first-order chi connectivity index (χ1) is 12.8. The zero-order valence-corrected chi connectivity index (χ0v) is 16.2. The quantitative estimate of drug-likeness (QED) is 0.346. The molecule has 9 heteroatoms. The van der Waals surface area contributed by atoms with Gasteiger partial charge in [-0.15, -0.1) is 0 Å². The Morgan fingerprint density at radius 1 is 1.15 bits per heavy atom. The highest BCUT2D eigenvalue weighted by Gasteiger charge is 2.30. The fourth-order valence-electron chi connectivity index (χ4n) is 2.35. The fraction of sp³-hybridized carbons (Fsp3) is 0.500. The number of nitrogens with two attached hydrogens (primary N) is 1. The number of benzene rings is 1. The molecular formula is C18H27N3O5S. The van der Waals surface area contributed by atoms with Gasteiger partial charge in [-0.05, 0) is 30.9 Å². The minimum atomic E-state index is -1.30. The van der Waals surface area contributed by atoms with Crippen LogP contribution in [0.5, 0.6) is 0 Å². The van der Waals surface area contributed by atoms with Gasteiger partial charge in [0.15, 0.2) is 0 Å². The molecule has 0 aliphatic rings. The van der Waals surface area contributed by atoms with E-state index in [4.69, 9.17) is 5.73 Å². The van der Waals surface area contributed by atoms with Crippen molar-refractivity contribution in [3.05, 3.63) is 35.9 Å². The number of amides is 2. The van der Waals surface area contributed by atoms with Gasteiger partial charge in [-0.2, -0.15) is 11.8 Å². The number of hydrogen-bond donors (Lipinski definition) is 5. The maximum atomic E-state index is 12.5. The maximum absolute atomic E-state index is 12.5. The Morgan fingerprint density at radius 2 is 1.78 bits per heavy atom. The lowest BCUT2D eigenvalue weighted by atomic mass is 10.0. The second kappa shape index (κ2) is 11.6. The van der Waals surface area contributed by atoms with Gasteiger partial charge in [-0.3, -0.25) is 9.59 Å². The van der Waals surface area contributed by atoms with Gasteiger partial charge < -0.3 is 26.6 Å². The van der Waals surface area contributed by atoms with E-state index in [1.54, 1.807) is 30.3 Å². The number of carboxylic acids is 1. The highest BCUT2D eigenvalue weighted by molar-refractivity contribution is 7.98. The Balaban J connectivity index is 2.77. The van der Waals surface area contributed by atoms with Gasteiger partial charge in [0.2, 0.25) is 11.8 Å². The van der Waals surface area contributed by atoms with E-state index in [0.29, 0.717) is 12.2 Å². The monoisotopic (exact) mass is 397 g/mol. The normalized spacial score (nSPS) is 15.3. The number of carbonyl (C=O) groups excluding carboxylic acids is 2. The van der Waals surface area contributed by atoms with Crippen molar-refractivity contribution in [1.82, 2.24) is 10.6 Å². The molecule has 0 aliphatic carbocycles. The molecule has 1 rings (SSSR count). The van der Waals surface area contributed by atoms with E-state index in [-0.39, 0.29) is 6.42 Å². The van der Waals surface area contributed by atoms with Crippen LogP contribution in [0.1, 0.15) is 18.9 Å². The van der Waals surface area contributed by atoms with Gasteiger partial charge in [0.25, 0.3) is 0 Å². The average Bonchev–Trinajstić information content (AvgIpc) is 2.63. The molecule has 150 valence electrons. The molecule has 4 atom stereocenters. The van der Waals surface area contributed by atoms with Crippen molar-refractivity contribution < 1.29 is 24.6 Å². The largest absolute Gasteiger partial charge is 0.480 e. The lowest BCUT2D eigenvalue weighted by Gasteiger charge is -2.24. The third-order valence-corrected chi connectivity index (χ3v) is 4.57. The Labute approximate surface area is 162 Å². The number of carboxylic acid groups (broad SMARTS) is 1. The van der Waals surface area contributed by atoms with Gasteiger partial charge in [0.05, 0.1) is 12.1 Å². The Kier molecular flexibility index (Phi) is 9.84. The Hall–Kier alpha value is -2.10. The number of thioether (sulfide) groups is 1. The topological polar surface area (TPSA) is 142 Å². The smallest absolute Gasteiger partial charge is 0.326 e. The number of aliphatic hydroxyl groups is 1. The van der Waals surface area contributed by atoms with E-state index in [1.165, 1.54) is 18.7 Å². The predicted octanol–water partition coefficient (Wildman–Crippen LogP) is -0.255. The van der Waals surface area contributed by atoms with E-state index in [2.05, 4.69) is 10.6 Å². The molecule has 0 aliphatic heterocycles. The lowest BCUT2D eigenvalue weighted by Crippen LogP contribution is -2.58. The highest BCUT2D eigenvalue weighted by Crippen LogP contribution is 2.05. The molecule has 0 fully saturated rings. The number of carbonyl (C=O) groups is 3. The molecule has 8 nitrogen and oxygen atoms in total. The average molecular weight is 397 g/mol. The van der Waals surface area contributed by atoms with Crippen LogP contribution >= 0.6 is 11.8 Å². The number of rotatable bonds is 11. The second-order valence-electron chi connectivity index (χ2n) is 6.20. The molecule has 0 bridgehead atoms. The first kappa shape index (κ1) is 22.9. The van der Waals surface area contributed by atoms with Crippen molar-refractivity contribution in [3.63, 3.8) is 0 Å². The van der Waals surface area contributed by atoms with E-state index in [0.717, 1.165) is 5.56 Å². The third-order valence-electron chi connectivity index (χ3n) is 3.93. The summed E-state index contributed by atoms with van der Waals surface area (Å²) in [4.78, 5) is 36.1. The fourth-order valence-corrected chi connectivity index (χ4v) is 2.84. The highest BCUT2D eigenvalue weighted by atomic mass is 32.2. The van der Waals surface area contributed by atoms with Crippen LogP contribution in [-0.4, -0.2) is 64.2 Å². The lowest BCUT2D eigenvalue weighted by molar-refractivity contribution is -0.142. The van der Waals surface area contributed by atoms with Crippen LogP contribution in [0.3, 0.4) is 0 Å². The van der Waals surface area contributed by atoms with E-state index in [1.807, 2.05) is 6.26 Å². The second-order valence-corrected chi connectivity index (χ2v) is 7.19. The summed E-state index contributed by atoms with van der Waals surface area (Å²) in [7, 11) is 0. The molecule has 0 saturated heterocycles. The van der Waals surface area contributed by atoms with Crippen LogP contribution in [0.2, 0.25) is 0 Å². The van der Waals surface area contributed by atoms with Crippen molar-refractivity contribution in [2.75, 3.05) is 12.0 Å². The summed E-state index contributed by atoms with van der Waals surface area (Å²) in [5.74, 6) is -1.88. The van der Waals surface area contributed by atoms with Crippen LogP contribution in [0.25, 0.3) is 0 Å². The molecule has 0 heterocycles. The van der Waals surface area contributed by atoms with Crippen molar-refractivity contribution in [3.8, 4) is 0 Å². The van der Waals surface area contributed by atoms with Crippen molar-refractivity contribution in [2.45, 2.75) is 44.0 Å². The number of nitrogens with one attached hydrogen (secondary N) is 2. The summed E-state index contributed by atoms with van der Waals surface area (Å²) in [6.45, 7) is 1.34. The van der Waals surface area contributed by atoms with Gasteiger partial charge in [0, 0.05) is 6.42 Å². The molecule has 27 heavy (non-hydrogen) atoms. The molecule has 2 amide bonds. The summed E-state index contributed by atoms with van der Waals surface area (Å²) in [5.41, 5.74) is 6.51. The minimum absolute atomic E-state index is 0.0790. The number of hydrogen-bond acceptors (Lipinski definition) is 6. The van der Waals surface area contributed by atoms with Gasteiger partial charge in [-0.1, -0.05) is 30.3 Å². The zero-order valence-electron chi connectivity index (χ0n) is 15.4. The van der Waals surface area contributed by atoms with Gasteiger partial charge >= 0.3 is 5.97 Å². The van der Waals surface area contributed by atoms with Crippen molar-refractivity contribution >= 4 is 29.5 Å². The molecular weight excluding hydrogens is 370 g/mol. The van der Waals surface area contributed by atoms with Crippen molar-refractivity contribution in [2.24, 2.45) is 5.73 Å². The molecule has 1 aromatic rings. The molecule has 6 N–H and O–H groups in total. The standard InChI is InChI=1S/C18H27N3O5S/c1-11(22)15(21-16(23)13(19)8-9-27-2)17(24)20-14(18(25)26)10-12-6-4-3-5-7-12/h3-7,11,13-15,22H,8-10,19H2,1-2H3,(H,20,24)(H,21,23)(H,25,26). The number of aliphatic hydroxyl groups excluding tert-OH is 1. The van der Waals surface area contributed by atoms with Crippen LogP contribution in [0, 0.1) is 0 Å². The molecule has 0 aromatic heterocycles. The van der Waals surface area contributed by atoms with Crippen LogP contribution in [0.4, 0.5) is 0 Å². The Bertz CT molecular complexity index is 627.